The molecule has 0 bridgehead atoms. The number of carbonyl (C=O) groups is 2. The zero-order valence-corrected chi connectivity index (χ0v) is 17.4. The van der Waals surface area contributed by atoms with Gasteiger partial charge in [0.2, 0.25) is 5.91 Å². The Morgan fingerprint density at radius 1 is 1.19 bits per heavy atom. The van der Waals surface area contributed by atoms with Gasteiger partial charge in [-0.05, 0) is 31.4 Å². The highest BCUT2D eigenvalue weighted by Crippen LogP contribution is 2.30. The quantitative estimate of drug-likeness (QED) is 0.648. The predicted octanol–water partition coefficient (Wildman–Crippen LogP) is 4.71. The summed E-state index contributed by atoms with van der Waals surface area (Å²) < 4.78 is 1.02. The van der Waals surface area contributed by atoms with E-state index in [4.69, 9.17) is 0 Å². The molecule has 2 amide bonds. The number of rotatable bonds is 6. The molecule has 6 nitrogen and oxygen atoms in total. The lowest BCUT2D eigenvalue weighted by Gasteiger charge is -2.18. The number of benzene rings is 1. The van der Waals surface area contributed by atoms with Crippen LogP contribution in [-0.4, -0.2) is 28.3 Å². The lowest BCUT2D eigenvalue weighted by atomic mass is 10.1. The number of nitrogens with one attached hydrogen (secondary N) is 1. The van der Waals surface area contributed by atoms with Gasteiger partial charge in [-0.2, -0.15) is 0 Å². The summed E-state index contributed by atoms with van der Waals surface area (Å²) in [6, 6.07) is 7.75. The summed E-state index contributed by atoms with van der Waals surface area (Å²) in [6.07, 6.45) is 0.880. The van der Waals surface area contributed by atoms with Gasteiger partial charge in [0.15, 0.2) is 10.3 Å². The van der Waals surface area contributed by atoms with Gasteiger partial charge in [-0.1, -0.05) is 48.7 Å². The first kappa shape index (κ1) is 19.4. The maximum absolute atomic E-state index is 12.7. The molecule has 0 unspecified atom stereocenters. The predicted molar refractivity (Wildman–Crippen MR) is 112 cm³/mol. The summed E-state index contributed by atoms with van der Waals surface area (Å²) in [5.41, 5.74) is 1.47. The minimum absolute atomic E-state index is 0.0671. The maximum Gasteiger partial charge on any atom is 0.269 e. The molecular formula is C19H22N4O2S2. The maximum atomic E-state index is 12.7. The van der Waals surface area contributed by atoms with Crippen molar-refractivity contribution in [1.82, 2.24) is 9.97 Å². The monoisotopic (exact) mass is 402 g/mol. The number of amides is 2. The van der Waals surface area contributed by atoms with Crippen molar-refractivity contribution in [3.63, 3.8) is 0 Å². The van der Waals surface area contributed by atoms with E-state index >= 15 is 0 Å². The molecule has 2 heterocycles. The Bertz CT molecular complexity index is 944. The number of para-hydroxylation sites is 1. The van der Waals surface area contributed by atoms with Crippen LogP contribution in [-0.2, 0) is 4.79 Å². The van der Waals surface area contributed by atoms with Crippen molar-refractivity contribution < 1.29 is 9.59 Å². The number of hydrogen-bond donors (Lipinski definition) is 1. The summed E-state index contributed by atoms with van der Waals surface area (Å²) >= 11 is 2.67. The third-order valence-corrected chi connectivity index (χ3v) is 6.18. The molecule has 0 aliphatic carbocycles. The molecule has 0 aliphatic rings. The Kier molecular flexibility index (Phi) is 5.86. The number of carbonyl (C=O) groups excluding carboxylic acids is 2. The number of nitrogens with zero attached hydrogens (tertiary/aromatic N) is 3. The first-order valence-electron chi connectivity index (χ1n) is 8.77. The van der Waals surface area contributed by atoms with Gasteiger partial charge in [0.25, 0.3) is 5.91 Å². The third kappa shape index (κ3) is 4.51. The number of hydrogen-bond acceptors (Lipinski definition) is 6. The molecule has 142 valence electrons. The molecule has 0 saturated carbocycles. The van der Waals surface area contributed by atoms with E-state index in [1.54, 1.807) is 11.8 Å². The molecular weight excluding hydrogens is 380 g/mol. The molecule has 3 rings (SSSR count). The van der Waals surface area contributed by atoms with Gasteiger partial charge in [-0.25, -0.2) is 9.97 Å². The van der Waals surface area contributed by atoms with Crippen LogP contribution in [0.5, 0.6) is 0 Å². The highest BCUT2D eigenvalue weighted by atomic mass is 32.1. The first-order valence-corrected chi connectivity index (χ1v) is 10.4. The molecule has 2 aromatic heterocycles. The summed E-state index contributed by atoms with van der Waals surface area (Å²) in [4.78, 5) is 35.8. The van der Waals surface area contributed by atoms with E-state index < -0.39 is 0 Å². The molecule has 0 atom stereocenters. The van der Waals surface area contributed by atoms with E-state index in [1.165, 1.54) is 29.6 Å². The van der Waals surface area contributed by atoms with Crippen LogP contribution in [0.25, 0.3) is 10.2 Å². The lowest BCUT2D eigenvalue weighted by molar-refractivity contribution is -0.116. The van der Waals surface area contributed by atoms with E-state index in [0.29, 0.717) is 33.3 Å². The van der Waals surface area contributed by atoms with Gasteiger partial charge >= 0.3 is 0 Å². The van der Waals surface area contributed by atoms with Crippen LogP contribution in [0.4, 0.5) is 10.3 Å². The zero-order chi connectivity index (χ0) is 19.6. The number of aryl methyl sites for hydroxylation is 1. The Hall–Kier alpha value is -2.32. The smallest absolute Gasteiger partial charge is 0.269 e. The van der Waals surface area contributed by atoms with Crippen molar-refractivity contribution in [3.05, 3.63) is 34.8 Å². The molecule has 0 radical (unpaired) electrons. The Labute approximate surface area is 166 Å². The fourth-order valence-electron chi connectivity index (χ4n) is 2.56. The fourth-order valence-corrected chi connectivity index (χ4v) is 4.46. The number of thiazole rings is 2. The van der Waals surface area contributed by atoms with E-state index in [1.807, 2.05) is 24.3 Å². The Morgan fingerprint density at radius 3 is 2.59 bits per heavy atom. The topological polar surface area (TPSA) is 75.2 Å². The minimum atomic E-state index is -0.248. The van der Waals surface area contributed by atoms with E-state index in [0.717, 1.165) is 16.6 Å². The Morgan fingerprint density at radius 2 is 1.93 bits per heavy atom. The molecule has 0 aliphatic heterocycles. The highest BCUT2D eigenvalue weighted by Gasteiger charge is 2.22. The molecule has 27 heavy (non-hydrogen) atoms. The summed E-state index contributed by atoms with van der Waals surface area (Å²) in [5.74, 6) is 0.167. The average molecular weight is 403 g/mol. The van der Waals surface area contributed by atoms with Gasteiger partial charge < -0.3 is 0 Å². The van der Waals surface area contributed by atoms with Crippen molar-refractivity contribution in [2.45, 2.75) is 34.1 Å². The molecule has 0 spiro atoms. The first-order chi connectivity index (χ1) is 12.8. The molecule has 0 fully saturated rings. The van der Waals surface area contributed by atoms with E-state index in [-0.39, 0.29) is 11.8 Å². The zero-order valence-electron chi connectivity index (χ0n) is 15.8. The minimum Gasteiger partial charge on any atom is -0.297 e. The van der Waals surface area contributed by atoms with Crippen LogP contribution >= 0.6 is 22.7 Å². The average Bonchev–Trinajstić information content (AvgIpc) is 3.17. The summed E-state index contributed by atoms with van der Waals surface area (Å²) in [5, 5.41) is 3.97. The second kappa shape index (κ2) is 8.14. The van der Waals surface area contributed by atoms with Crippen LogP contribution in [0, 0.1) is 12.8 Å². The second-order valence-electron chi connectivity index (χ2n) is 6.71. The van der Waals surface area contributed by atoms with Crippen molar-refractivity contribution in [3.8, 4) is 0 Å². The molecule has 0 saturated heterocycles. The van der Waals surface area contributed by atoms with Crippen LogP contribution in [0.15, 0.2) is 24.3 Å². The molecule has 1 N–H and O–H groups in total. The number of fused-ring (bicyclic) bond motifs is 1. The van der Waals surface area contributed by atoms with Crippen molar-refractivity contribution in [2.24, 2.45) is 5.92 Å². The number of anilines is 2. The standard InChI is InChI=1S/C19H22N4O2S2/c1-11(2)9-10-23(13(4)24)19-20-12(3)16(27-19)17(25)22-18-21-14-7-5-6-8-15(14)26-18/h5-8,11H,9-10H2,1-4H3,(H,21,22,25). The van der Waals surface area contributed by atoms with Crippen LogP contribution in [0.3, 0.4) is 0 Å². The van der Waals surface area contributed by atoms with E-state index in [2.05, 4.69) is 29.1 Å². The van der Waals surface area contributed by atoms with Crippen LogP contribution in [0.2, 0.25) is 0 Å². The molecule has 1 aromatic carbocycles. The van der Waals surface area contributed by atoms with Crippen LogP contribution < -0.4 is 10.2 Å². The normalized spacial score (nSPS) is 11.1. The lowest BCUT2D eigenvalue weighted by Crippen LogP contribution is -2.30. The Balaban J connectivity index is 1.79. The van der Waals surface area contributed by atoms with Crippen molar-refractivity contribution in [1.29, 1.82) is 0 Å². The number of aromatic nitrogens is 2. The van der Waals surface area contributed by atoms with Gasteiger partial charge in [-0.3, -0.25) is 19.8 Å². The second-order valence-corrected chi connectivity index (χ2v) is 8.71. The molecule has 8 heteroatoms. The van der Waals surface area contributed by atoms with Gasteiger partial charge in [0.05, 0.1) is 15.9 Å². The van der Waals surface area contributed by atoms with Crippen molar-refractivity contribution >= 4 is 55.0 Å². The third-order valence-electron chi connectivity index (χ3n) is 4.05. The van der Waals surface area contributed by atoms with Crippen molar-refractivity contribution in [2.75, 3.05) is 16.8 Å². The summed E-state index contributed by atoms with van der Waals surface area (Å²) in [6.45, 7) is 8.13. The fraction of sp³-hybridized carbons (Fsp3) is 0.368. The van der Waals surface area contributed by atoms with Gasteiger partial charge in [0.1, 0.15) is 4.88 Å². The largest absolute Gasteiger partial charge is 0.297 e. The van der Waals surface area contributed by atoms with Gasteiger partial charge in [0, 0.05) is 13.5 Å². The highest BCUT2D eigenvalue weighted by molar-refractivity contribution is 7.22. The van der Waals surface area contributed by atoms with Gasteiger partial charge in [-0.15, -0.1) is 0 Å². The summed E-state index contributed by atoms with van der Waals surface area (Å²) in [7, 11) is 0. The van der Waals surface area contributed by atoms with Crippen LogP contribution in [0.1, 0.15) is 42.6 Å². The SMILES string of the molecule is CC(=O)N(CCC(C)C)c1nc(C)c(C(=O)Nc2nc3ccccc3s2)s1. The molecule has 3 aromatic rings. The van der Waals surface area contributed by atoms with E-state index in [9.17, 15) is 9.59 Å².